The molecule has 0 aliphatic rings. The van der Waals surface area contributed by atoms with Crippen molar-refractivity contribution in [3.8, 4) is 11.5 Å². The number of carbonyl (C=O) groups is 2. The van der Waals surface area contributed by atoms with E-state index in [0.717, 1.165) is 15.6 Å². The molecule has 0 aliphatic heterocycles. The molecule has 1 atom stereocenters. The Balaban J connectivity index is 1.89. The van der Waals surface area contributed by atoms with Crippen molar-refractivity contribution in [2.24, 2.45) is 0 Å². The molecule has 0 fully saturated rings. The highest BCUT2D eigenvalue weighted by molar-refractivity contribution is 9.10. The lowest BCUT2D eigenvalue weighted by Crippen LogP contribution is -2.51. The Morgan fingerprint density at radius 3 is 2.32 bits per heavy atom. The van der Waals surface area contributed by atoms with Gasteiger partial charge in [-0.3, -0.25) is 9.59 Å². The van der Waals surface area contributed by atoms with Gasteiger partial charge in [-0.2, -0.15) is 0 Å². The Bertz CT molecular complexity index is 1070. The number of nitrogens with zero attached hydrogens (tertiary/aromatic N) is 1. The lowest BCUT2D eigenvalue weighted by molar-refractivity contribution is -0.142. The summed E-state index contributed by atoms with van der Waals surface area (Å²) in [5, 5.41) is 2.89. The standard InChI is InChI=1S/C27H29BrN2O4/c1-3-29-27(32)25(17-20-8-5-4-6-9-20)30(18-21-10-7-11-24(16-21)33-2)26(31)19-34-23-14-12-22(28)13-15-23/h4-16,25H,3,17-19H2,1-2H3,(H,29,32)/t25-/m1/s1. The van der Waals surface area contributed by atoms with Gasteiger partial charge in [0.1, 0.15) is 17.5 Å². The fourth-order valence-electron chi connectivity index (χ4n) is 3.57. The fraction of sp³-hybridized carbons (Fsp3) is 0.259. The molecule has 0 aromatic heterocycles. The molecule has 3 aromatic rings. The minimum atomic E-state index is -0.699. The average Bonchev–Trinajstić information content (AvgIpc) is 2.86. The second kappa shape index (κ2) is 12.8. The number of nitrogens with one attached hydrogen (secondary N) is 1. The van der Waals surface area contributed by atoms with Crippen LogP contribution < -0.4 is 14.8 Å². The van der Waals surface area contributed by atoms with Crippen molar-refractivity contribution < 1.29 is 19.1 Å². The van der Waals surface area contributed by atoms with E-state index in [-0.39, 0.29) is 25.0 Å². The maximum absolute atomic E-state index is 13.5. The first-order valence-electron chi connectivity index (χ1n) is 11.1. The van der Waals surface area contributed by atoms with Crippen molar-refractivity contribution >= 4 is 27.7 Å². The largest absolute Gasteiger partial charge is 0.497 e. The first kappa shape index (κ1) is 25.3. The van der Waals surface area contributed by atoms with E-state index in [0.29, 0.717) is 24.5 Å². The zero-order valence-corrected chi connectivity index (χ0v) is 21.0. The highest BCUT2D eigenvalue weighted by Gasteiger charge is 2.30. The monoisotopic (exact) mass is 524 g/mol. The van der Waals surface area contributed by atoms with E-state index in [9.17, 15) is 9.59 Å². The molecule has 0 saturated carbocycles. The topological polar surface area (TPSA) is 67.9 Å². The van der Waals surface area contributed by atoms with Gasteiger partial charge in [0.15, 0.2) is 6.61 Å². The number of likely N-dealkylation sites (N-methyl/N-ethyl adjacent to an activating group) is 1. The molecule has 3 rings (SSSR count). The molecule has 178 valence electrons. The number of rotatable bonds is 11. The molecule has 34 heavy (non-hydrogen) atoms. The van der Waals surface area contributed by atoms with Crippen LogP contribution in [0.3, 0.4) is 0 Å². The van der Waals surface area contributed by atoms with Gasteiger partial charge in [-0.05, 0) is 54.4 Å². The molecule has 3 aromatic carbocycles. The van der Waals surface area contributed by atoms with Crippen LogP contribution in [0.1, 0.15) is 18.1 Å². The van der Waals surface area contributed by atoms with Crippen LogP contribution in [0.15, 0.2) is 83.3 Å². The van der Waals surface area contributed by atoms with Crippen LogP contribution in [-0.2, 0) is 22.6 Å². The van der Waals surface area contributed by atoms with Crippen molar-refractivity contribution in [3.63, 3.8) is 0 Å². The zero-order chi connectivity index (χ0) is 24.3. The molecule has 0 aliphatic carbocycles. The number of ether oxygens (including phenoxy) is 2. The lowest BCUT2D eigenvalue weighted by Gasteiger charge is -2.31. The van der Waals surface area contributed by atoms with Crippen LogP contribution in [0.4, 0.5) is 0 Å². The number of carbonyl (C=O) groups excluding carboxylic acids is 2. The predicted octanol–water partition coefficient (Wildman–Crippen LogP) is 4.61. The minimum absolute atomic E-state index is 0.184. The Morgan fingerprint density at radius 2 is 1.65 bits per heavy atom. The van der Waals surface area contributed by atoms with E-state index in [1.165, 1.54) is 0 Å². The van der Waals surface area contributed by atoms with Crippen LogP contribution >= 0.6 is 15.9 Å². The molecular weight excluding hydrogens is 496 g/mol. The van der Waals surface area contributed by atoms with Gasteiger partial charge in [0.25, 0.3) is 5.91 Å². The van der Waals surface area contributed by atoms with Crippen LogP contribution in [0.2, 0.25) is 0 Å². The number of benzene rings is 3. The van der Waals surface area contributed by atoms with Gasteiger partial charge < -0.3 is 19.7 Å². The van der Waals surface area contributed by atoms with E-state index in [1.807, 2.05) is 73.7 Å². The van der Waals surface area contributed by atoms with E-state index >= 15 is 0 Å². The summed E-state index contributed by atoms with van der Waals surface area (Å²) in [6.45, 7) is 2.40. The van der Waals surface area contributed by atoms with Gasteiger partial charge in [-0.25, -0.2) is 0 Å². The molecular formula is C27H29BrN2O4. The number of amides is 2. The average molecular weight is 525 g/mol. The molecule has 0 saturated heterocycles. The first-order valence-corrected chi connectivity index (χ1v) is 11.9. The molecule has 6 nitrogen and oxygen atoms in total. The molecule has 0 spiro atoms. The highest BCUT2D eigenvalue weighted by Crippen LogP contribution is 2.20. The van der Waals surface area contributed by atoms with Crippen LogP contribution in [0.25, 0.3) is 0 Å². The zero-order valence-electron chi connectivity index (χ0n) is 19.4. The Hall–Kier alpha value is -3.32. The number of hydrogen-bond donors (Lipinski definition) is 1. The summed E-state index contributed by atoms with van der Waals surface area (Å²) < 4.78 is 12.0. The van der Waals surface area contributed by atoms with Crippen LogP contribution in [0, 0.1) is 0 Å². The SMILES string of the molecule is CCNC(=O)[C@@H](Cc1ccccc1)N(Cc1cccc(OC)c1)C(=O)COc1ccc(Br)cc1. The summed E-state index contributed by atoms with van der Waals surface area (Å²) in [5.41, 5.74) is 1.83. The quantitative estimate of drug-likeness (QED) is 0.397. The van der Waals surface area contributed by atoms with E-state index in [1.54, 1.807) is 24.1 Å². The highest BCUT2D eigenvalue weighted by atomic mass is 79.9. The minimum Gasteiger partial charge on any atom is -0.497 e. The van der Waals surface area contributed by atoms with E-state index < -0.39 is 6.04 Å². The van der Waals surface area contributed by atoms with Gasteiger partial charge in [0.2, 0.25) is 5.91 Å². The lowest BCUT2D eigenvalue weighted by atomic mass is 10.0. The second-order valence-electron chi connectivity index (χ2n) is 7.72. The molecule has 0 bridgehead atoms. The van der Waals surface area contributed by atoms with Crippen molar-refractivity contribution in [1.82, 2.24) is 10.2 Å². The third kappa shape index (κ3) is 7.35. The maximum atomic E-state index is 13.5. The second-order valence-corrected chi connectivity index (χ2v) is 8.63. The van der Waals surface area contributed by atoms with Gasteiger partial charge >= 0.3 is 0 Å². The summed E-state index contributed by atoms with van der Waals surface area (Å²) >= 11 is 3.39. The molecule has 0 radical (unpaired) electrons. The smallest absolute Gasteiger partial charge is 0.261 e. The van der Waals surface area contributed by atoms with Crippen molar-refractivity contribution in [2.75, 3.05) is 20.3 Å². The summed E-state index contributed by atoms with van der Waals surface area (Å²) in [6, 6.07) is 23.8. The number of methoxy groups -OCH3 is 1. The molecule has 1 N–H and O–H groups in total. The molecule has 7 heteroatoms. The molecule has 2 amide bonds. The fourth-order valence-corrected chi connectivity index (χ4v) is 3.84. The van der Waals surface area contributed by atoms with Crippen LogP contribution in [-0.4, -0.2) is 43.0 Å². The van der Waals surface area contributed by atoms with Gasteiger partial charge in [0.05, 0.1) is 7.11 Å². The summed E-state index contributed by atoms with van der Waals surface area (Å²) in [4.78, 5) is 28.2. The van der Waals surface area contributed by atoms with Gasteiger partial charge in [-0.15, -0.1) is 0 Å². The predicted molar refractivity (Wildman–Crippen MR) is 136 cm³/mol. The van der Waals surface area contributed by atoms with Gasteiger partial charge in [0, 0.05) is 24.0 Å². The number of halogens is 1. The molecule has 0 unspecified atom stereocenters. The Kier molecular flexibility index (Phi) is 9.52. The summed E-state index contributed by atoms with van der Waals surface area (Å²) in [5.74, 6) is 0.785. The first-order chi connectivity index (χ1) is 16.5. The maximum Gasteiger partial charge on any atom is 0.261 e. The summed E-state index contributed by atoms with van der Waals surface area (Å²) in [7, 11) is 1.60. The van der Waals surface area contributed by atoms with E-state index in [4.69, 9.17) is 9.47 Å². The number of hydrogen-bond acceptors (Lipinski definition) is 4. The van der Waals surface area contributed by atoms with Crippen molar-refractivity contribution in [1.29, 1.82) is 0 Å². The Labute approximate surface area is 209 Å². The summed E-state index contributed by atoms with van der Waals surface area (Å²) in [6.07, 6.45) is 0.390. The van der Waals surface area contributed by atoms with Gasteiger partial charge in [-0.1, -0.05) is 58.4 Å². The van der Waals surface area contributed by atoms with Crippen molar-refractivity contribution in [2.45, 2.75) is 25.9 Å². The van der Waals surface area contributed by atoms with Crippen molar-refractivity contribution in [3.05, 3.63) is 94.5 Å². The normalized spacial score (nSPS) is 11.4. The van der Waals surface area contributed by atoms with E-state index in [2.05, 4.69) is 21.2 Å². The Morgan fingerprint density at radius 1 is 0.941 bits per heavy atom. The molecule has 0 heterocycles. The third-order valence-electron chi connectivity index (χ3n) is 5.29. The van der Waals surface area contributed by atoms with Crippen LogP contribution in [0.5, 0.6) is 11.5 Å². The third-order valence-corrected chi connectivity index (χ3v) is 5.81.